The number of nitro benzene ring substituents is 1. The monoisotopic (exact) mass is 303 g/mol. The molecule has 5 nitrogen and oxygen atoms in total. The van der Waals surface area contributed by atoms with Crippen molar-refractivity contribution in [3.8, 4) is 0 Å². The van der Waals surface area contributed by atoms with Gasteiger partial charge >= 0.3 is 0 Å². The van der Waals surface area contributed by atoms with Crippen LogP contribution in [0, 0.1) is 10.1 Å². The maximum absolute atomic E-state index is 10.6. The third-order valence-electron chi connectivity index (χ3n) is 3.33. The molecule has 0 fully saturated rings. The zero-order valence-corrected chi connectivity index (χ0v) is 12.2. The molecule has 0 unspecified atom stereocenters. The lowest BCUT2D eigenvalue weighted by atomic mass is 10.2. The van der Waals surface area contributed by atoms with Crippen LogP contribution in [-0.4, -0.2) is 14.9 Å². The van der Waals surface area contributed by atoms with Crippen molar-refractivity contribution < 1.29 is 4.92 Å². The first-order chi connectivity index (χ1) is 11.3. The molecular weight excluding hydrogens is 290 g/mol. The van der Waals surface area contributed by atoms with Gasteiger partial charge < -0.3 is 0 Å². The molecule has 4 aromatic rings. The Morgan fingerprint density at radius 2 is 1.39 bits per heavy atom. The summed E-state index contributed by atoms with van der Waals surface area (Å²) in [5.74, 6) is 0. The number of pyridine rings is 2. The van der Waals surface area contributed by atoms with Crippen LogP contribution in [-0.2, 0) is 0 Å². The lowest BCUT2D eigenvalue weighted by Crippen LogP contribution is -1.89. The molecule has 0 N–H and O–H groups in total. The van der Waals surface area contributed by atoms with Crippen LogP contribution in [0.2, 0.25) is 0 Å². The Labute approximate surface area is 132 Å². The third kappa shape index (κ3) is 3.29. The van der Waals surface area contributed by atoms with Crippen molar-refractivity contribution in [1.29, 1.82) is 0 Å². The van der Waals surface area contributed by atoms with E-state index in [1.54, 1.807) is 30.5 Å². The van der Waals surface area contributed by atoms with Crippen LogP contribution < -0.4 is 0 Å². The van der Waals surface area contributed by atoms with Crippen LogP contribution in [0.15, 0.2) is 79.1 Å². The number of hydrogen-bond acceptors (Lipinski definition) is 4. The number of rotatable bonds is 1. The number of non-ortho nitro benzene ring substituents is 1. The molecule has 112 valence electrons. The van der Waals surface area contributed by atoms with Gasteiger partial charge in [0.2, 0.25) is 0 Å². The van der Waals surface area contributed by atoms with Gasteiger partial charge in [0.05, 0.1) is 21.3 Å². The fraction of sp³-hybridized carbons (Fsp3) is 0. The van der Waals surface area contributed by atoms with Crippen molar-refractivity contribution in [2.45, 2.75) is 0 Å². The van der Waals surface area contributed by atoms with Crippen molar-refractivity contribution in [3.63, 3.8) is 0 Å². The van der Waals surface area contributed by atoms with E-state index in [-0.39, 0.29) is 5.69 Å². The summed E-state index contributed by atoms with van der Waals surface area (Å²) < 4.78 is 0. The molecule has 5 heteroatoms. The van der Waals surface area contributed by atoms with Crippen LogP contribution in [0.4, 0.5) is 5.69 Å². The summed E-state index contributed by atoms with van der Waals surface area (Å²) in [6.07, 6.45) is 3.42. The Hall–Kier alpha value is -3.34. The molecule has 23 heavy (non-hydrogen) atoms. The van der Waals surface area contributed by atoms with Gasteiger partial charge in [-0.25, -0.2) is 0 Å². The quantitative estimate of drug-likeness (QED) is 0.386. The predicted molar refractivity (Wildman–Crippen MR) is 90.1 cm³/mol. The second-order valence-corrected chi connectivity index (χ2v) is 4.80. The first kappa shape index (κ1) is 14.6. The molecule has 0 spiro atoms. The van der Waals surface area contributed by atoms with E-state index in [1.165, 1.54) is 11.5 Å². The standard InChI is InChI=1S/C9H6N2O2.C9H7N/c12-11(13)9-5-1-4-8-7(9)3-2-6-10-8;1-2-6-9-8(4-1)5-3-7-10-9/h1-6H;1-7H. The van der Waals surface area contributed by atoms with Crippen molar-refractivity contribution in [2.75, 3.05) is 0 Å². The minimum absolute atomic E-state index is 0.102. The van der Waals surface area contributed by atoms with Crippen molar-refractivity contribution in [3.05, 3.63) is 89.2 Å². The summed E-state index contributed by atoms with van der Waals surface area (Å²) in [5, 5.41) is 12.4. The van der Waals surface area contributed by atoms with E-state index in [2.05, 4.69) is 22.1 Å². The van der Waals surface area contributed by atoms with Crippen molar-refractivity contribution >= 4 is 27.5 Å². The lowest BCUT2D eigenvalue weighted by molar-refractivity contribution is -0.383. The van der Waals surface area contributed by atoms with E-state index in [4.69, 9.17) is 0 Å². The van der Waals surface area contributed by atoms with Gasteiger partial charge in [-0.05, 0) is 30.3 Å². The van der Waals surface area contributed by atoms with Crippen LogP contribution in [0.3, 0.4) is 0 Å². The Balaban J connectivity index is 0.000000140. The predicted octanol–water partition coefficient (Wildman–Crippen LogP) is 4.38. The van der Waals surface area contributed by atoms with Gasteiger partial charge in [-0.15, -0.1) is 0 Å². The lowest BCUT2D eigenvalue weighted by Gasteiger charge is -1.96. The van der Waals surface area contributed by atoms with Crippen LogP contribution in [0.5, 0.6) is 0 Å². The maximum Gasteiger partial charge on any atom is 0.278 e. The van der Waals surface area contributed by atoms with Crippen LogP contribution >= 0.6 is 0 Å². The van der Waals surface area contributed by atoms with Crippen LogP contribution in [0.1, 0.15) is 0 Å². The van der Waals surface area contributed by atoms with Crippen molar-refractivity contribution in [2.24, 2.45) is 0 Å². The Kier molecular flexibility index (Phi) is 4.20. The van der Waals surface area contributed by atoms with Gasteiger partial charge in [0, 0.05) is 23.8 Å². The van der Waals surface area contributed by atoms with E-state index in [0.717, 1.165) is 5.52 Å². The fourth-order valence-corrected chi connectivity index (χ4v) is 2.26. The molecule has 4 rings (SSSR count). The second kappa shape index (κ2) is 6.62. The first-order valence-corrected chi connectivity index (χ1v) is 7.03. The Morgan fingerprint density at radius 3 is 2.17 bits per heavy atom. The van der Waals surface area contributed by atoms with Crippen LogP contribution in [0.25, 0.3) is 21.8 Å². The number of para-hydroxylation sites is 1. The van der Waals surface area contributed by atoms with E-state index < -0.39 is 4.92 Å². The molecule has 2 heterocycles. The van der Waals surface area contributed by atoms with E-state index in [1.807, 2.05) is 30.5 Å². The summed E-state index contributed by atoms with van der Waals surface area (Å²) in [7, 11) is 0. The molecular formula is C18H13N3O2. The first-order valence-electron chi connectivity index (χ1n) is 7.03. The Morgan fingerprint density at radius 1 is 0.739 bits per heavy atom. The molecule has 0 amide bonds. The number of benzene rings is 2. The molecule has 2 aromatic carbocycles. The summed E-state index contributed by atoms with van der Waals surface area (Å²) >= 11 is 0. The molecule has 0 saturated heterocycles. The highest BCUT2D eigenvalue weighted by Gasteiger charge is 2.09. The highest BCUT2D eigenvalue weighted by molar-refractivity contribution is 5.87. The molecule has 0 radical (unpaired) electrons. The van der Waals surface area contributed by atoms with Gasteiger partial charge in [0.25, 0.3) is 5.69 Å². The molecule has 2 aromatic heterocycles. The Bertz CT molecular complexity index is 899. The van der Waals surface area contributed by atoms with Gasteiger partial charge in [0.15, 0.2) is 0 Å². The SMILES string of the molecule is O=[N+]([O-])c1cccc2ncccc12.c1ccc2ncccc2c1. The number of nitro groups is 1. The van der Waals surface area contributed by atoms with Gasteiger partial charge in [0.1, 0.15) is 0 Å². The largest absolute Gasteiger partial charge is 0.278 e. The summed E-state index contributed by atoms with van der Waals surface area (Å²) in [4.78, 5) is 18.4. The highest BCUT2D eigenvalue weighted by Crippen LogP contribution is 2.22. The van der Waals surface area contributed by atoms with Gasteiger partial charge in [-0.1, -0.05) is 30.3 Å². The minimum atomic E-state index is -0.399. The second-order valence-electron chi connectivity index (χ2n) is 4.80. The molecule has 0 aliphatic heterocycles. The zero-order chi connectivity index (χ0) is 16.1. The smallest absolute Gasteiger partial charge is 0.258 e. The number of aromatic nitrogens is 2. The number of nitrogens with zero attached hydrogens (tertiary/aromatic N) is 3. The minimum Gasteiger partial charge on any atom is -0.258 e. The maximum atomic E-state index is 10.6. The van der Waals surface area contributed by atoms with Gasteiger partial charge in [-0.3, -0.25) is 20.1 Å². The van der Waals surface area contributed by atoms with E-state index >= 15 is 0 Å². The topological polar surface area (TPSA) is 68.9 Å². The van der Waals surface area contributed by atoms with Crippen molar-refractivity contribution in [1.82, 2.24) is 9.97 Å². The summed E-state index contributed by atoms with van der Waals surface area (Å²) in [5.41, 5.74) is 1.81. The highest BCUT2D eigenvalue weighted by atomic mass is 16.6. The molecule has 0 saturated carbocycles. The number of hydrogen-bond donors (Lipinski definition) is 0. The van der Waals surface area contributed by atoms with E-state index in [9.17, 15) is 10.1 Å². The average Bonchev–Trinajstić information content (AvgIpc) is 2.62. The molecule has 0 aliphatic carbocycles. The third-order valence-corrected chi connectivity index (χ3v) is 3.33. The number of fused-ring (bicyclic) bond motifs is 2. The van der Waals surface area contributed by atoms with Gasteiger partial charge in [-0.2, -0.15) is 0 Å². The normalized spacial score (nSPS) is 10.1. The molecule has 0 bridgehead atoms. The van der Waals surface area contributed by atoms with E-state index in [0.29, 0.717) is 10.9 Å². The molecule has 0 aliphatic rings. The summed E-state index contributed by atoms with van der Waals surface area (Å²) in [6.45, 7) is 0. The molecule has 0 atom stereocenters. The fourth-order valence-electron chi connectivity index (χ4n) is 2.26. The average molecular weight is 303 g/mol. The summed E-state index contributed by atoms with van der Waals surface area (Å²) in [6, 6.07) is 20.3. The zero-order valence-electron chi connectivity index (χ0n) is 12.2.